The van der Waals surface area contributed by atoms with E-state index in [9.17, 15) is 0 Å². The average molecular weight is 154 g/mol. The Morgan fingerprint density at radius 1 is 1.55 bits per heavy atom. The van der Waals surface area contributed by atoms with Crippen LogP contribution in [0.2, 0.25) is 0 Å². The van der Waals surface area contributed by atoms with Crippen LogP contribution in [0.15, 0.2) is 0 Å². The van der Waals surface area contributed by atoms with E-state index in [-0.39, 0.29) is 0 Å². The zero-order valence-corrected chi connectivity index (χ0v) is 7.56. The van der Waals surface area contributed by atoms with Gasteiger partial charge in [-0.05, 0) is 19.3 Å². The normalized spacial score (nSPS) is 16.5. The molecule has 64 valence electrons. The largest absolute Gasteiger partial charge is 0.363 e. The second-order valence-electron chi connectivity index (χ2n) is 3.43. The highest BCUT2D eigenvalue weighted by molar-refractivity contribution is 5.83. The maximum Gasteiger partial charge on any atom is 0.0986 e. The molecule has 0 aromatic carbocycles. The van der Waals surface area contributed by atoms with Crippen molar-refractivity contribution in [2.45, 2.75) is 32.6 Å². The summed E-state index contributed by atoms with van der Waals surface area (Å²) in [5.74, 6) is 1.47. The Balaban J connectivity index is 2.16. The second kappa shape index (κ2) is 3.74. The molecule has 1 aliphatic carbocycles. The van der Waals surface area contributed by atoms with Crippen molar-refractivity contribution < 1.29 is 0 Å². The molecule has 1 saturated carbocycles. The van der Waals surface area contributed by atoms with Crippen LogP contribution in [0.5, 0.6) is 0 Å². The fourth-order valence-corrected chi connectivity index (χ4v) is 1.18. The summed E-state index contributed by atoms with van der Waals surface area (Å²) in [6.45, 7) is 3.25. The summed E-state index contributed by atoms with van der Waals surface area (Å²) in [6.07, 6.45) is 4.93. The zero-order chi connectivity index (χ0) is 8.27. The van der Waals surface area contributed by atoms with Crippen LogP contribution < -0.4 is 0 Å². The summed E-state index contributed by atoms with van der Waals surface area (Å²) in [4.78, 5) is 2.10. The summed E-state index contributed by atoms with van der Waals surface area (Å²) in [7, 11) is 2.04. The minimum absolute atomic E-state index is 0.608. The van der Waals surface area contributed by atoms with Crippen LogP contribution in [0.3, 0.4) is 0 Å². The van der Waals surface area contributed by atoms with Gasteiger partial charge in [-0.15, -0.1) is 0 Å². The molecule has 0 spiro atoms. The lowest BCUT2D eigenvalue weighted by Gasteiger charge is -2.18. The van der Waals surface area contributed by atoms with Crippen molar-refractivity contribution in [3.63, 3.8) is 0 Å². The SMILES string of the molecule is CCCCN(C)C(=N)C1CC1. The highest BCUT2D eigenvalue weighted by Gasteiger charge is 2.28. The van der Waals surface area contributed by atoms with Crippen LogP contribution >= 0.6 is 0 Å². The van der Waals surface area contributed by atoms with E-state index in [4.69, 9.17) is 5.41 Å². The van der Waals surface area contributed by atoms with E-state index < -0.39 is 0 Å². The molecule has 0 saturated heterocycles. The first-order valence-electron chi connectivity index (χ1n) is 4.55. The van der Waals surface area contributed by atoms with Gasteiger partial charge in [-0.2, -0.15) is 0 Å². The lowest BCUT2D eigenvalue weighted by molar-refractivity contribution is 0.468. The molecule has 0 atom stereocenters. The minimum Gasteiger partial charge on any atom is -0.363 e. The summed E-state index contributed by atoms with van der Waals surface area (Å²) < 4.78 is 0. The Labute approximate surface area is 69.1 Å². The molecule has 1 fully saturated rings. The van der Waals surface area contributed by atoms with Gasteiger partial charge in [0, 0.05) is 19.5 Å². The van der Waals surface area contributed by atoms with Gasteiger partial charge in [-0.25, -0.2) is 0 Å². The summed E-state index contributed by atoms with van der Waals surface area (Å²) >= 11 is 0. The fourth-order valence-electron chi connectivity index (χ4n) is 1.18. The number of amidine groups is 1. The van der Waals surface area contributed by atoms with E-state index in [1.165, 1.54) is 25.7 Å². The van der Waals surface area contributed by atoms with Crippen molar-refractivity contribution in [2.24, 2.45) is 5.92 Å². The summed E-state index contributed by atoms with van der Waals surface area (Å²) in [6, 6.07) is 0. The molecule has 1 aliphatic rings. The van der Waals surface area contributed by atoms with Gasteiger partial charge in [0.1, 0.15) is 0 Å². The summed E-state index contributed by atoms with van der Waals surface area (Å²) in [5, 5.41) is 7.72. The lowest BCUT2D eigenvalue weighted by atomic mass is 10.3. The maximum atomic E-state index is 7.72. The Bertz CT molecular complexity index is 138. The van der Waals surface area contributed by atoms with E-state index in [2.05, 4.69) is 11.8 Å². The van der Waals surface area contributed by atoms with Gasteiger partial charge in [0.05, 0.1) is 5.84 Å². The Kier molecular flexibility index (Phi) is 2.92. The highest BCUT2D eigenvalue weighted by Crippen LogP contribution is 2.30. The molecule has 0 bridgehead atoms. The Morgan fingerprint density at radius 3 is 2.64 bits per heavy atom. The van der Waals surface area contributed by atoms with Gasteiger partial charge in [-0.3, -0.25) is 5.41 Å². The molecule has 1 rings (SSSR count). The van der Waals surface area contributed by atoms with Gasteiger partial charge >= 0.3 is 0 Å². The first kappa shape index (κ1) is 8.57. The monoisotopic (exact) mass is 154 g/mol. The predicted octanol–water partition coefficient (Wildman–Crippen LogP) is 2.11. The van der Waals surface area contributed by atoms with Gasteiger partial charge in [-0.1, -0.05) is 13.3 Å². The number of hydrogen-bond donors (Lipinski definition) is 1. The lowest BCUT2D eigenvalue weighted by Crippen LogP contribution is -2.28. The number of hydrogen-bond acceptors (Lipinski definition) is 1. The molecular weight excluding hydrogens is 136 g/mol. The zero-order valence-electron chi connectivity index (χ0n) is 7.56. The van der Waals surface area contributed by atoms with E-state index in [1.54, 1.807) is 0 Å². The Hall–Kier alpha value is -0.530. The van der Waals surface area contributed by atoms with Gasteiger partial charge in [0.25, 0.3) is 0 Å². The first-order valence-corrected chi connectivity index (χ1v) is 4.55. The topological polar surface area (TPSA) is 27.1 Å². The molecule has 2 nitrogen and oxygen atoms in total. The summed E-state index contributed by atoms with van der Waals surface area (Å²) in [5.41, 5.74) is 0. The van der Waals surface area contributed by atoms with Gasteiger partial charge in [0.2, 0.25) is 0 Å². The molecule has 0 aromatic rings. The van der Waals surface area contributed by atoms with Crippen molar-refractivity contribution in [3.05, 3.63) is 0 Å². The van der Waals surface area contributed by atoms with E-state index in [1.807, 2.05) is 7.05 Å². The maximum absolute atomic E-state index is 7.72. The van der Waals surface area contributed by atoms with Crippen LogP contribution in [-0.4, -0.2) is 24.3 Å². The average Bonchev–Trinajstić information content (AvgIpc) is 2.81. The molecule has 0 heterocycles. The molecule has 0 amide bonds. The number of nitrogens with one attached hydrogen (secondary N) is 1. The van der Waals surface area contributed by atoms with E-state index in [0.717, 1.165) is 12.4 Å². The minimum atomic E-state index is 0.608. The molecule has 0 aliphatic heterocycles. The van der Waals surface area contributed by atoms with Gasteiger partial charge in [0.15, 0.2) is 0 Å². The third-order valence-electron chi connectivity index (χ3n) is 2.22. The highest BCUT2D eigenvalue weighted by atomic mass is 15.1. The second-order valence-corrected chi connectivity index (χ2v) is 3.43. The van der Waals surface area contributed by atoms with Crippen molar-refractivity contribution >= 4 is 5.84 Å². The quantitative estimate of drug-likeness (QED) is 0.487. The number of unbranched alkanes of at least 4 members (excludes halogenated alkanes) is 1. The van der Waals surface area contributed by atoms with Crippen LogP contribution in [0.25, 0.3) is 0 Å². The van der Waals surface area contributed by atoms with Gasteiger partial charge < -0.3 is 4.90 Å². The molecular formula is C9H18N2. The van der Waals surface area contributed by atoms with E-state index in [0.29, 0.717) is 5.92 Å². The molecule has 0 radical (unpaired) electrons. The standard InChI is InChI=1S/C9H18N2/c1-3-4-7-11(2)9(10)8-5-6-8/h8,10H,3-7H2,1-2H3. The third kappa shape index (κ3) is 2.52. The number of nitrogens with zero attached hydrogens (tertiary/aromatic N) is 1. The fraction of sp³-hybridized carbons (Fsp3) is 0.889. The third-order valence-corrected chi connectivity index (χ3v) is 2.22. The van der Waals surface area contributed by atoms with Crippen molar-refractivity contribution in [1.82, 2.24) is 4.90 Å². The molecule has 2 heteroatoms. The van der Waals surface area contributed by atoms with Crippen LogP contribution in [0.4, 0.5) is 0 Å². The number of rotatable bonds is 4. The van der Waals surface area contributed by atoms with Crippen molar-refractivity contribution in [1.29, 1.82) is 5.41 Å². The molecule has 11 heavy (non-hydrogen) atoms. The predicted molar refractivity (Wildman–Crippen MR) is 48.0 cm³/mol. The molecule has 0 unspecified atom stereocenters. The molecule has 0 aromatic heterocycles. The van der Waals surface area contributed by atoms with Crippen LogP contribution in [0.1, 0.15) is 32.6 Å². The van der Waals surface area contributed by atoms with Crippen LogP contribution in [-0.2, 0) is 0 Å². The molecule has 1 N–H and O–H groups in total. The van der Waals surface area contributed by atoms with Crippen LogP contribution in [0, 0.1) is 11.3 Å². The van der Waals surface area contributed by atoms with Crippen molar-refractivity contribution in [2.75, 3.05) is 13.6 Å². The van der Waals surface area contributed by atoms with E-state index >= 15 is 0 Å². The smallest absolute Gasteiger partial charge is 0.0986 e. The Morgan fingerprint density at radius 2 is 2.18 bits per heavy atom. The van der Waals surface area contributed by atoms with Crippen molar-refractivity contribution in [3.8, 4) is 0 Å². The first-order chi connectivity index (χ1) is 5.25.